The minimum Gasteiger partial charge on any atom is -0.493 e. The van der Waals surface area contributed by atoms with E-state index in [-0.39, 0.29) is 17.8 Å². The highest BCUT2D eigenvalue weighted by Gasteiger charge is 2.39. The molecule has 32 heavy (non-hydrogen) atoms. The Bertz CT molecular complexity index is 1150. The van der Waals surface area contributed by atoms with Crippen LogP contribution in [-0.2, 0) is 16.1 Å². The molecule has 1 aliphatic heterocycles. The van der Waals surface area contributed by atoms with Crippen molar-refractivity contribution in [2.24, 2.45) is 5.92 Å². The maximum atomic E-state index is 13.7. The number of carbonyl (C=O) groups is 2. The molecule has 6 nitrogen and oxygen atoms in total. The van der Waals surface area contributed by atoms with Crippen LogP contribution in [0.3, 0.4) is 0 Å². The predicted octanol–water partition coefficient (Wildman–Crippen LogP) is 4.85. The fourth-order valence-electron chi connectivity index (χ4n) is 3.35. The van der Waals surface area contributed by atoms with E-state index >= 15 is 0 Å². The van der Waals surface area contributed by atoms with Crippen molar-refractivity contribution in [2.45, 2.75) is 20.4 Å². The Balaban J connectivity index is 1.68. The van der Waals surface area contributed by atoms with Gasteiger partial charge in [0, 0.05) is 5.69 Å². The summed E-state index contributed by atoms with van der Waals surface area (Å²) in [5.74, 6) is 0.117. The number of nitrogens with one attached hydrogen (secondary N) is 1. The van der Waals surface area contributed by atoms with Crippen molar-refractivity contribution in [3.8, 4) is 5.75 Å². The summed E-state index contributed by atoms with van der Waals surface area (Å²) in [6.45, 7) is 4.68. The maximum absolute atomic E-state index is 13.7. The Morgan fingerprint density at radius 1 is 1.03 bits per heavy atom. The van der Waals surface area contributed by atoms with Crippen LogP contribution in [0.5, 0.6) is 5.75 Å². The van der Waals surface area contributed by atoms with Crippen molar-refractivity contribution in [3.05, 3.63) is 89.8 Å². The first-order valence-corrected chi connectivity index (χ1v) is 10.3. The molecule has 1 N–H and O–H groups in total. The molecule has 0 fully saturated rings. The van der Waals surface area contributed by atoms with Crippen LogP contribution in [0.2, 0.25) is 0 Å². The van der Waals surface area contributed by atoms with Gasteiger partial charge in [-0.3, -0.25) is 14.5 Å². The molecule has 0 spiro atoms. The lowest BCUT2D eigenvalue weighted by molar-refractivity contribution is -0.137. The van der Waals surface area contributed by atoms with Gasteiger partial charge in [-0.05, 0) is 53.9 Å². The quantitative estimate of drug-likeness (QED) is 0.514. The number of ether oxygens (including phenoxy) is 1. The van der Waals surface area contributed by atoms with E-state index in [1.54, 1.807) is 42.5 Å². The first-order valence-electron chi connectivity index (χ1n) is 10.3. The summed E-state index contributed by atoms with van der Waals surface area (Å²) < 4.78 is 24.7. The van der Waals surface area contributed by atoms with Crippen LogP contribution in [0.25, 0.3) is 5.57 Å². The van der Waals surface area contributed by atoms with Crippen molar-refractivity contribution in [2.75, 3.05) is 11.9 Å². The molecule has 0 aliphatic carbocycles. The second kappa shape index (κ2) is 9.09. The molecule has 7 heteroatoms. The summed E-state index contributed by atoms with van der Waals surface area (Å²) in [5, 5.41) is 2.94. The zero-order chi connectivity index (χ0) is 22.7. The lowest BCUT2D eigenvalue weighted by Crippen LogP contribution is -2.31. The van der Waals surface area contributed by atoms with Crippen molar-refractivity contribution in [3.63, 3.8) is 0 Å². The first kappa shape index (κ1) is 21.4. The monoisotopic (exact) mass is 434 g/mol. The summed E-state index contributed by atoms with van der Waals surface area (Å²) in [4.78, 5) is 27.6. The number of hydrogen-bond donors (Lipinski definition) is 1. The summed E-state index contributed by atoms with van der Waals surface area (Å²) in [7, 11) is 0. The normalized spacial score (nSPS) is 13.9. The van der Waals surface area contributed by atoms with E-state index in [1.807, 2.05) is 0 Å². The molecule has 3 aromatic rings. The molecule has 164 valence electrons. The number of rotatable bonds is 8. The number of nitrogens with zero attached hydrogens (tertiary/aromatic N) is 1. The second-order valence-electron chi connectivity index (χ2n) is 7.89. The number of hydrogen-bond acceptors (Lipinski definition) is 5. The molecule has 0 radical (unpaired) electrons. The summed E-state index contributed by atoms with van der Waals surface area (Å²) in [6, 6.07) is 16.1. The number of furan rings is 1. The van der Waals surface area contributed by atoms with E-state index < -0.39 is 17.6 Å². The van der Waals surface area contributed by atoms with Gasteiger partial charge in [-0.15, -0.1) is 0 Å². The Hall–Kier alpha value is -3.87. The van der Waals surface area contributed by atoms with Gasteiger partial charge in [-0.1, -0.05) is 32.0 Å². The average Bonchev–Trinajstić information content (AvgIpc) is 3.36. The lowest BCUT2D eigenvalue weighted by Gasteiger charge is -2.13. The van der Waals surface area contributed by atoms with Gasteiger partial charge in [0.2, 0.25) is 0 Å². The van der Waals surface area contributed by atoms with Crippen molar-refractivity contribution in [1.29, 1.82) is 0 Å². The molecule has 0 bridgehead atoms. The van der Waals surface area contributed by atoms with Crippen LogP contribution in [0.4, 0.5) is 10.1 Å². The number of amides is 2. The van der Waals surface area contributed by atoms with E-state index in [4.69, 9.17) is 9.15 Å². The molecule has 1 aromatic heterocycles. The third kappa shape index (κ3) is 4.56. The van der Waals surface area contributed by atoms with Crippen molar-refractivity contribution < 1.29 is 23.1 Å². The van der Waals surface area contributed by atoms with Crippen LogP contribution in [0, 0.1) is 11.7 Å². The third-order valence-electron chi connectivity index (χ3n) is 4.88. The van der Waals surface area contributed by atoms with Gasteiger partial charge in [0.25, 0.3) is 11.8 Å². The van der Waals surface area contributed by atoms with E-state index in [1.165, 1.54) is 24.5 Å². The van der Waals surface area contributed by atoms with Crippen LogP contribution in [0.15, 0.2) is 77.0 Å². The number of imide groups is 1. The van der Waals surface area contributed by atoms with E-state index in [2.05, 4.69) is 19.2 Å². The molecule has 0 unspecified atom stereocenters. The molecule has 0 saturated heterocycles. The van der Waals surface area contributed by atoms with E-state index in [0.29, 0.717) is 35.3 Å². The minimum absolute atomic E-state index is 0.00190. The molecule has 0 atom stereocenters. The summed E-state index contributed by atoms with van der Waals surface area (Å²) >= 11 is 0. The highest BCUT2D eigenvalue weighted by molar-refractivity contribution is 6.36. The predicted molar refractivity (Wildman–Crippen MR) is 118 cm³/mol. The van der Waals surface area contributed by atoms with E-state index in [9.17, 15) is 14.0 Å². The Labute approximate surface area is 185 Å². The van der Waals surface area contributed by atoms with Crippen molar-refractivity contribution >= 4 is 23.1 Å². The van der Waals surface area contributed by atoms with Crippen LogP contribution < -0.4 is 10.1 Å². The van der Waals surface area contributed by atoms with Gasteiger partial charge in [0.05, 0.1) is 25.0 Å². The zero-order valence-electron chi connectivity index (χ0n) is 17.8. The Morgan fingerprint density at radius 3 is 2.47 bits per heavy atom. The second-order valence-corrected chi connectivity index (χ2v) is 7.89. The number of benzene rings is 2. The smallest absolute Gasteiger partial charge is 0.278 e. The van der Waals surface area contributed by atoms with E-state index in [0.717, 1.165) is 4.90 Å². The molecule has 4 rings (SSSR count). The standard InChI is InChI=1S/C25H23FN2O4/c1-16(2)15-32-20-10-8-17(9-11-20)22-23(27-19-6-3-5-18(26)13-19)25(30)28(24(22)29)14-21-7-4-12-31-21/h3-13,16,27H,14-15H2,1-2H3. The number of halogens is 1. The highest BCUT2D eigenvalue weighted by Crippen LogP contribution is 2.32. The fraction of sp³-hybridized carbons (Fsp3) is 0.200. The fourth-order valence-corrected chi connectivity index (χ4v) is 3.35. The van der Waals surface area contributed by atoms with Crippen molar-refractivity contribution in [1.82, 2.24) is 4.90 Å². The average molecular weight is 434 g/mol. The molecule has 2 heterocycles. The minimum atomic E-state index is -0.509. The van der Waals surface area contributed by atoms with Gasteiger partial charge < -0.3 is 14.5 Å². The van der Waals surface area contributed by atoms with Crippen LogP contribution >= 0.6 is 0 Å². The van der Waals surface area contributed by atoms with Gasteiger partial charge in [0.1, 0.15) is 23.0 Å². The Morgan fingerprint density at radius 2 is 1.81 bits per heavy atom. The topological polar surface area (TPSA) is 71.8 Å². The van der Waals surface area contributed by atoms with Gasteiger partial charge in [0.15, 0.2) is 0 Å². The third-order valence-corrected chi connectivity index (χ3v) is 4.88. The summed E-state index contributed by atoms with van der Waals surface area (Å²) in [6.07, 6.45) is 1.48. The molecular weight excluding hydrogens is 411 g/mol. The first-order chi connectivity index (χ1) is 15.4. The number of anilines is 1. The van der Waals surface area contributed by atoms with Gasteiger partial charge >= 0.3 is 0 Å². The molecular formula is C25H23FN2O4. The van der Waals surface area contributed by atoms with Gasteiger partial charge in [-0.2, -0.15) is 0 Å². The number of carbonyl (C=O) groups excluding carboxylic acids is 2. The molecule has 2 amide bonds. The Kier molecular flexibility index (Phi) is 6.07. The lowest BCUT2D eigenvalue weighted by atomic mass is 10.0. The van der Waals surface area contributed by atoms with Crippen LogP contribution in [0.1, 0.15) is 25.2 Å². The molecule has 2 aromatic carbocycles. The molecule has 1 aliphatic rings. The molecule has 0 saturated carbocycles. The highest BCUT2D eigenvalue weighted by atomic mass is 19.1. The summed E-state index contributed by atoms with van der Waals surface area (Å²) in [5.41, 5.74) is 1.22. The SMILES string of the molecule is CC(C)COc1ccc(C2=C(Nc3cccc(F)c3)C(=O)N(Cc3ccco3)C2=O)cc1. The largest absolute Gasteiger partial charge is 0.493 e. The van der Waals surface area contributed by atoms with Crippen LogP contribution in [-0.4, -0.2) is 23.3 Å². The van der Waals surface area contributed by atoms with Gasteiger partial charge in [-0.25, -0.2) is 4.39 Å². The zero-order valence-corrected chi connectivity index (χ0v) is 17.8. The maximum Gasteiger partial charge on any atom is 0.278 e.